The molecule has 0 aliphatic carbocycles. The Labute approximate surface area is 116 Å². The molecule has 0 fully saturated rings. The van der Waals surface area contributed by atoms with Crippen molar-refractivity contribution >= 4 is 45.3 Å². The first-order valence-corrected chi connectivity index (χ1v) is 6.55. The summed E-state index contributed by atoms with van der Waals surface area (Å²) in [6.07, 6.45) is 3.48. The lowest BCUT2D eigenvalue weighted by atomic mass is 10.1. The van der Waals surface area contributed by atoms with Gasteiger partial charge in [0.05, 0.1) is 16.1 Å². The van der Waals surface area contributed by atoms with Gasteiger partial charge in [-0.3, -0.25) is 0 Å². The summed E-state index contributed by atoms with van der Waals surface area (Å²) < 4.78 is 2.08. The van der Waals surface area contributed by atoms with Gasteiger partial charge in [0.1, 0.15) is 0 Å². The minimum absolute atomic E-state index is 0.688. The van der Waals surface area contributed by atoms with Crippen LogP contribution in [0.4, 0.5) is 5.69 Å². The van der Waals surface area contributed by atoms with Crippen molar-refractivity contribution in [3.63, 3.8) is 0 Å². The number of benzene rings is 1. The zero-order valence-corrected chi connectivity index (χ0v) is 11.4. The third-order valence-corrected chi connectivity index (χ3v) is 3.05. The number of rotatable bonds is 0. The lowest BCUT2D eigenvalue weighted by Crippen LogP contribution is -2.22. The van der Waals surface area contributed by atoms with Gasteiger partial charge < -0.3 is 5.73 Å². The Balaban J connectivity index is 0.000000574. The number of aromatic nitrogens is 1. The van der Waals surface area contributed by atoms with Gasteiger partial charge >= 0.3 is 0 Å². The highest BCUT2D eigenvalue weighted by atomic mass is 35.5. The number of anilines is 1. The van der Waals surface area contributed by atoms with E-state index in [9.17, 15) is 0 Å². The zero-order chi connectivity index (χ0) is 13.1. The van der Waals surface area contributed by atoms with Crippen LogP contribution in [0.15, 0.2) is 48.7 Å². The lowest BCUT2D eigenvalue weighted by molar-refractivity contribution is -0.481. The first-order chi connectivity index (χ1) is 8.77. The van der Waals surface area contributed by atoms with Crippen molar-refractivity contribution in [2.24, 2.45) is 0 Å². The van der Waals surface area contributed by atoms with E-state index < -0.39 is 0 Å². The van der Waals surface area contributed by atoms with Gasteiger partial charge in [0, 0.05) is 30.6 Å². The largest absolute Gasteiger partial charge is 0.398 e. The van der Waals surface area contributed by atoms with Crippen LogP contribution in [0.2, 0.25) is 5.02 Å². The normalized spacial score (nSPS) is 10.2. The Kier molecular flexibility index (Phi) is 3.90. The molecule has 3 rings (SSSR count). The third kappa shape index (κ3) is 2.09. The first kappa shape index (κ1) is 12.9. The number of pyridine rings is 2. The molecule has 3 aromatic rings. The average Bonchev–Trinajstić information content (AvgIpc) is 2.41. The minimum Gasteiger partial charge on any atom is -0.398 e. The van der Waals surface area contributed by atoms with E-state index in [1.807, 2.05) is 48.7 Å². The van der Waals surface area contributed by atoms with Crippen LogP contribution in [-0.2, 0) is 0 Å². The highest BCUT2D eigenvalue weighted by Crippen LogP contribution is 2.27. The summed E-state index contributed by atoms with van der Waals surface area (Å²) in [5, 5.41) is 1.60. The smallest absolute Gasteiger partial charge is 0.222 e. The second-order valence-corrected chi connectivity index (χ2v) is 4.14. The highest BCUT2D eigenvalue weighted by molar-refractivity contribution is 6.36. The van der Waals surface area contributed by atoms with E-state index in [2.05, 4.69) is 16.0 Å². The highest BCUT2D eigenvalue weighted by Gasteiger charge is 2.13. The number of hydrogen-bond donors (Lipinski definition) is 1. The number of halogens is 2. The molecule has 0 saturated carbocycles. The molecule has 92 valence electrons. The van der Waals surface area contributed by atoms with Gasteiger partial charge in [0.2, 0.25) is 11.0 Å². The Bertz CT molecular complexity index is 696. The Hall–Kier alpha value is -1.51. The lowest BCUT2D eigenvalue weighted by Gasteiger charge is -2.02. The van der Waals surface area contributed by atoms with Crippen LogP contribution in [0.1, 0.15) is 0 Å². The molecule has 2 aromatic heterocycles. The summed E-state index contributed by atoms with van der Waals surface area (Å²) in [7, 11) is 0. The molecule has 0 saturated heterocycles. The summed E-state index contributed by atoms with van der Waals surface area (Å²) in [5.74, 6) is 0. The molecule has 2 nitrogen and oxygen atoms in total. The SMILES string of the molecule is CCl.Nc1cc2cccc[n+]2c2cccc(Cl)c12. The molecule has 0 radical (unpaired) electrons. The van der Waals surface area contributed by atoms with E-state index in [0.29, 0.717) is 10.7 Å². The van der Waals surface area contributed by atoms with Gasteiger partial charge in [0.15, 0.2) is 6.20 Å². The van der Waals surface area contributed by atoms with Crippen molar-refractivity contribution in [1.82, 2.24) is 0 Å². The average molecular weight is 280 g/mol. The van der Waals surface area contributed by atoms with Crippen molar-refractivity contribution in [3.05, 3.63) is 53.7 Å². The summed E-state index contributed by atoms with van der Waals surface area (Å²) >= 11 is 10.8. The first-order valence-electron chi connectivity index (χ1n) is 5.42. The molecule has 2 N–H and O–H groups in total. The van der Waals surface area contributed by atoms with Gasteiger partial charge in [-0.15, -0.1) is 11.6 Å². The van der Waals surface area contributed by atoms with Crippen LogP contribution in [0, 0.1) is 0 Å². The summed E-state index contributed by atoms with van der Waals surface area (Å²) in [6, 6.07) is 13.8. The number of fused-ring (bicyclic) bond motifs is 3. The van der Waals surface area contributed by atoms with Crippen LogP contribution >= 0.6 is 23.2 Å². The Morgan fingerprint density at radius 3 is 2.61 bits per heavy atom. The van der Waals surface area contributed by atoms with Gasteiger partial charge in [-0.05, 0) is 12.1 Å². The molecule has 0 aliphatic heterocycles. The maximum absolute atomic E-state index is 6.17. The van der Waals surface area contributed by atoms with Gasteiger partial charge in [-0.2, -0.15) is 4.40 Å². The molecule has 0 amide bonds. The second kappa shape index (κ2) is 5.42. The van der Waals surface area contributed by atoms with Crippen LogP contribution in [0.5, 0.6) is 0 Å². The van der Waals surface area contributed by atoms with Crippen LogP contribution in [0.25, 0.3) is 16.4 Å². The number of nitrogens with zero attached hydrogens (tertiary/aromatic N) is 1. The molecule has 1 aromatic carbocycles. The summed E-state index contributed by atoms with van der Waals surface area (Å²) in [5.41, 5.74) is 8.84. The maximum Gasteiger partial charge on any atom is 0.222 e. The fourth-order valence-corrected chi connectivity index (χ4v) is 2.30. The molecule has 18 heavy (non-hydrogen) atoms. The number of nitrogen functional groups attached to an aromatic ring is 1. The molecule has 0 spiro atoms. The Morgan fingerprint density at radius 2 is 1.83 bits per heavy atom. The van der Waals surface area contributed by atoms with E-state index in [4.69, 9.17) is 17.3 Å². The Morgan fingerprint density at radius 1 is 1.06 bits per heavy atom. The molecule has 0 aliphatic rings. The molecule has 2 heterocycles. The second-order valence-electron chi connectivity index (χ2n) is 3.73. The fraction of sp³-hybridized carbons (Fsp3) is 0.0714. The number of hydrogen-bond acceptors (Lipinski definition) is 1. The van der Waals surface area contributed by atoms with Crippen molar-refractivity contribution in [2.45, 2.75) is 0 Å². The summed E-state index contributed by atoms with van der Waals surface area (Å²) in [4.78, 5) is 0. The van der Waals surface area contributed by atoms with Gasteiger partial charge in [-0.25, -0.2) is 0 Å². The summed E-state index contributed by atoms with van der Waals surface area (Å²) in [6.45, 7) is 0. The quantitative estimate of drug-likeness (QED) is 0.380. The van der Waals surface area contributed by atoms with Crippen LogP contribution in [0.3, 0.4) is 0 Å². The zero-order valence-electron chi connectivity index (χ0n) is 9.90. The van der Waals surface area contributed by atoms with Gasteiger partial charge in [-0.1, -0.05) is 17.7 Å². The minimum atomic E-state index is 0.688. The molecule has 0 bridgehead atoms. The van der Waals surface area contributed by atoms with Crippen LogP contribution in [-0.4, -0.2) is 6.38 Å². The van der Waals surface area contributed by atoms with E-state index in [1.54, 1.807) is 0 Å². The fourth-order valence-electron chi connectivity index (χ4n) is 2.02. The molecular formula is C14H13Cl2N2+. The van der Waals surface area contributed by atoms with Crippen molar-refractivity contribution in [3.8, 4) is 0 Å². The molecular weight excluding hydrogens is 267 g/mol. The van der Waals surface area contributed by atoms with Crippen molar-refractivity contribution < 1.29 is 4.40 Å². The monoisotopic (exact) mass is 279 g/mol. The predicted molar refractivity (Wildman–Crippen MR) is 78.3 cm³/mol. The van der Waals surface area contributed by atoms with Gasteiger partial charge in [0.25, 0.3) is 0 Å². The molecule has 0 unspecified atom stereocenters. The number of alkyl halides is 1. The van der Waals surface area contributed by atoms with E-state index in [0.717, 1.165) is 16.4 Å². The third-order valence-electron chi connectivity index (χ3n) is 2.73. The van der Waals surface area contributed by atoms with E-state index >= 15 is 0 Å². The topological polar surface area (TPSA) is 30.1 Å². The maximum atomic E-state index is 6.17. The predicted octanol–water partition coefficient (Wildman–Crippen LogP) is 3.67. The standard InChI is InChI=1S/C13H9ClN2.CH3Cl/c14-10-5-3-6-12-13(10)11(15)8-9-4-1-2-7-16(9)12;1-2/h1-8,15H;1H3/p+1. The van der Waals surface area contributed by atoms with Crippen molar-refractivity contribution in [1.29, 1.82) is 0 Å². The molecule has 0 atom stereocenters. The molecule has 4 heteroatoms. The van der Waals surface area contributed by atoms with E-state index in [-0.39, 0.29) is 0 Å². The van der Waals surface area contributed by atoms with E-state index in [1.165, 1.54) is 6.38 Å². The number of nitrogens with two attached hydrogens (primary N) is 1. The van der Waals surface area contributed by atoms with Crippen molar-refractivity contribution in [2.75, 3.05) is 12.1 Å². The van der Waals surface area contributed by atoms with Crippen LogP contribution < -0.4 is 10.1 Å².